The van der Waals surface area contributed by atoms with Gasteiger partial charge in [0, 0.05) is 37.5 Å². The number of thiazole rings is 1. The Bertz CT molecular complexity index is 520. The molecule has 1 aromatic heterocycles. The van der Waals surface area contributed by atoms with Crippen LogP contribution in [-0.4, -0.2) is 54.6 Å². The van der Waals surface area contributed by atoms with Crippen molar-refractivity contribution in [1.82, 2.24) is 20.5 Å². The molecule has 0 saturated carbocycles. The molecule has 0 bridgehead atoms. The fraction of sp³-hybridized carbons (Fsp3) is 0.789. The maximum atomic E-state index is 4.71. The van der Waals surface area contributed by atoms with Crippen LogP contribution in [-0.2, 0) is 6.42 Å². The van der Waals surface area contributed by atoms with Gasteiger partial charge < -0.3 is 15.5 Å². The van der Waals surface area contributed by atoms with Crippen LogP contribution in [0.1, 0.15) is 56.7 Å². The zero-order valence-electron chi connectivity index (χ0n) is 16.6. The Kier molecular flexibility index (Phi) is 12.5. The van der Waals surface area contributed by atoms with Gasteiger partial charge in [-0.25, -0.2) is 4.98 Å². The van der Waals surface area contributed by atoms with E-state index in [1.165, 1.54) is 44.5 Å². The number of guanidine groups is 1. The Hall–Kier alpha value is -0.410. The number of aliphatic imine (C=N–C) groups is 1. The molecule has 5 nitrogen and oxygen atoms in total. The summed E-state index contributed by atoms with van der Waals surface area (Å²) >= 11 is 1.72. The van der Waals surface area contributed by atoms with Gasteiger partial charge in [0.2, 0.25) is 0 Å². The highest BCUT2D eigenvalue weighted by Gasteiger charge is 2.16. The third-order valence-corrected chi connectivity index (χ3v) is 5.57. The third-order valence-electron chi connectivity index (χ3n) is 4.75. The third kappa shape index (κ3) is 8.99. The minimum atomic E-state index is 0. The molecule has 0 radical (unpaired) electrons. The van der Waals surface area contributed by atoms with E-state index in [9.17, 15) is 0 Å². The molecule has 150 valence electrons. The lowest BCUT2D eigenvalue weighted by Crippen LogP contribution is -2.38. The zero-order valence-corrected chi connectivity index (χ0v) is 19.7. The Morgan fingerprint density at radius 2 is 2.19 bits per heavy atom. The number of nitrogens with one attached hydrogen (secondary N) is 2. The van der Waals surface area contributed by atoms with Gasteiger partial charge in [-0.2, -0.15) is 0 Å². The van der Waals surface area contributed by atoms with Crippen molar-refractivity contribution in [1.29, 1.82) is 0 Å². The highest BCUT2D eigenvalue weighted by atomic mass is 127. The number of aryl methyl sites for hydroxylation is 1. The van der Waals surface area contributed by atoms with Crippen LogP contribution < -0.4 is 10.6 Å². The number of unbranched alkanes of at least 4 members (excludes halogenated alkanes) is 1. The monoisotopic (exact) mass is 493 g/mol. The normalized spacial score (nSPS) is 18.4. The lowest BCUT2D eigenvalue weighted by atomic mass is 10.0. The van der Waals surface area contributed by atoms with Crippen LogP contribution in [0, 0.1) is 6.92 Å². The summed E-state index contributed by atoms with van der Waals surface area (Å²) in [7, 11) is 0. The minimum absolute atomic E-state index is 0. The molecule has 1 atom stereocenters. The summed E-state index contributed by atoms with van der Waals surface area (Å²) in [5, 5.41) is 10.0. The lowest BCUT2D eigenvalue weighted by molar-refractivity contribution is 0.158. The molecule has 26 heavy (non-hydrogen) atoms. The molecule has 0 spiro atoms. The summed E-state index contributed by atoms with van der Waals surface area (Å²) in [6.07, 6.45) is 7.48. The van der Waals surface area contributed by atoms with E-state index in [2.05, 4.69) is 46.7 Å². The van der Waals surface area contributed by atoms with Crippen LogP contribution in [0.2, 0.25) is 0 Å². The van der Waals surface area contributed by atoms with E-state index in [4.69, 9.17) is 4.99 Å². The van der Waals surface area contributed by atoms with E-state index in [0.717, 1.165) is 49.5 Å². The summed E-state index contributed by atoms with van der Waals surface area (Å²) in [4.78, 5) is 11.9. The Morgan fingerprint density at radius 3 is 2.88 bits per heavy atom. The van der Waals surface area contributed by atoms with E-state index < -0.39 is 0 Å². The fourth-order valence-electron chi connectivity index (χ4n) is 3.28. The molecule has 0 aliphatic carbocycles. The molecular formula is C19H36IN5S. The first kappa shape index (κ1) is 23.6. The number of hydrogen-bond acceptors (Lipinski definition) is 4. The van der Waals surface area contributed by atoms with Crippen molar-refractivity contribution in [2.24, 2.45) is 4.99 Å². The van der Waals surface area contributed by atoms with Crippen LogP contribution >= 0.6 is 35.3 Å². The van der Waals surface area contributed by atoms with Crippen molar-refractivity contribution < 1.29 is 0 Å². The van der Waals surface area contributed by atoms with Crippen molar-refractivity contribution in [3.63, 3.8) is 0 Å². The molecule has 0 aromatic carbocycles. The summed E-state index contributed by atoms with van der Waals surface area (Å²) in [6, 6.07) is 0.769. The van der Waals surface area contributed by atoms with Crippen molar-refractivity contribution in [3.05, 3.63) is 16.1 Å². The minimum Gasteiger partial charge on any atom is -0.357 e. The number of hydrogen-bond donors (Lipinski definition) is 2. The fourth-order valence-corrected chi connectivity index (χ4v) is 3.93. The first-order chi connectivity index (χ1) is 12.2. The van der Waals surface area contributed by atoms with Gasteiger partial charge in [-0.05, 0) is 59.5 Å². The van der Waals surface area contributed by atoms with Gasteiger partial charge in [-0.15, -0.1) is 35.3 Å². The second kappa shape index (κ2) is 13.7. The summed E-state index contributed by atoms with van der Waals surface area (Å²) in [5.74, 6) is 0.931. The standard InChI is InChI=1S/C19H35N5S.HI/c1-4-20-19(22-12-10-18-15-25-17(3)23-18)21-11-6-8-14-24-13-7-5-9-16(24)2;/h15-16H,4-14H2,1-3H3,(H2,20,21,22);1H. The first-order valence-electron chi connectivity index (χ1n) is 9.86. The van der Waals surface area contributed by atoms with E-state index in [-0.39, 0.29) is 24.0 Å². The van der Waals surface area contributed by atoms with E-state index >= 15 is 0 Å². The molecule has 1 saturated heterocycles. The van der Waals surface area contributed by atoms with Crippen molar-refractivity contribution in [2.45, 2.75) is 65.3 Å². The summed E-state index contributed by atoms with van der Waals surface area (Å²) in [6.45, 7) is 11.7. The number of piperidine rings is 1. The topological polar surface area (TPSA) is 52.6 Å². The summed E-state index contributed by atoms with van der Waals surface area (Å²) < 4.78 is 0. The second-order valence-electron chi connectivity index (χ2n) is 6.88. The highest BCUT2D eigenvalue weighted by Crippen LogP contribution is 2.16. The van der Waals surface area contributed by atoms with Crippen LogP contribution in [0.25, 0.3) is 0 Å². The predicted molar refractivity (Wildman–Crippen MR) is 124 cm³/mol. The predicted octanol–water partition coefficient (Wildman–Crippen LogP) is 3.82. The molecule has 7 heteroatoms. The van der Waals surface area contributed by atoms with E-state index in [0.29, 0.717) is 0 Å². The number of aromatic nitrogens is 1. The quantitative estimate of drug-likeness (QED) is 0.238. The molecule has 2 N–H and O–H groups in total. The average molecular weight is 494 g/mol. The van der Waals surface area contributed by atoms with Gasteiger partial charge in [0.25, 0.3) is 0 Å². The Balaban J connectivity index is 0.00000338. The highest BCUT2D eigenvalue weighted by molar-refractivity contribution is 14.0. The number of likely N-dealkylation sites (tertiary alicyclic amines) is 1. The SMILES string of the molecule is CCNC(=NCCCCN1CCCCC1C)NCCc1csc(C)n1.I. The number of rotatable bonds is 9. The Labute approximate surface area is 180 Å². The molecule has 1 unspecified atom stereocenters. The maximum Gasteiger partial charge on any atom is 0.191 e. The largest absolute Gasteiger partial charge is 0.357 e. The second-order valence-corrected chi connectivity index (χ2v) is 7.95. The smallest absolute Gasteiger partial charge is 0.191 e. The molecule has 1 aliphatic heterocycles. The molecule has 1 aliphatic rings. The van der Waals surface area contributed by atoms with Crippen molar-refractivity contribution in [3.8, 4) is 0 Å². The van der Waals surface area contributed by atoms with Gasteiger partial charge in [0.15, 0.2) is 5.96 Å². The van der Waals surface area contributed by atoms with Crippen LogP contribution in [0.3, 0.4) is 0 Å². The molecule has 1 fully saturated rings. The first-order valence-corrected chi connectivity index (χ1v) is 10.7. The van der Waals surface area contributed by atoms with Crippen molar-refractivity contribution >= 4 is 41.3 Å². The van der Waals surface area contributed by atoms with Gasteiger partial charge in [0.1, 0.15) is 0 Å². The van der Waals surface area contributed by atoms with Crippen molar-refractivity contribution in [2.75, 3.05) is 32.7 Å². The average Bonchev–Trinajstić information content (AvgIpc) is 3.01. The number of halogens is 1. The number of nitrogens with zero attached hydrogens (tertiary/aromatic N) is 3. The van der Waals surface area contributed by atoms with Gasteiger partial charge in [0.05, 0.1) is 10.7 Å². The Morgan fingerprint density at radius 1 is 1.35 bits per heavy atom. The van der Waals surface area contributed by atoms with Gasteiger partial charge in [-0.3, -0.25) is 4.99 Å². The molecular weight excluding hydrogens is 457 g/mol. The van der Waals surface area contributed by atoms with Crippen LogP contribution in [0.4, 0.5) is 0 Å². The van der Waals surface area contributed by atoms with Gasteiger partial charge >= 0.3 is 0 Å². The van der Waals surface area contributed by atoms with Crippen LogP contribution in [0.5, 0.6) is 0 Å². The van der Waals surface area contributed by atoms with Crippen LogP contribution in [0.15, 0.2) is 10.4 Å². The molecule has 2 heterocycles. The molecule has 2 rings (SSSR count). The van der Waals surface area contributed by atoms with E-state index in [1.54, 1.807) is 11.3 Å². The zero-order chi connectivity index (χ0) is 17.9. The lowest BCUT2D eigenvalue weighted by Gasteiger charge is -2.33. The summed E-state index contributed by atoms with van der Waals surface area (Å²) in [5.41, 5.74) is 1.17. The maximum absolute atomic E-state index is 4.71. The molecule has 1 aromatic rings. The molecule has 0 amide bonds. The van der Waals surface area contributed by atoms with E-state index in [1.807, 2.05) is 0 Å². The van der Waals surface area contributed by atoms with Gasteiger partial charge in [-0.1, -0.05) is 6.42 Å².